The SMILES string of the molecule is CC(NCC1(NC(=O)OC(C)(C)C)CCC1)c1ccn[nH]1. The zero-order valence-electron chi connectivity index (χ0n) is 13.3. The van der Waals surface area contributed by atoms with Crippen LogP contribution in [0.2, 0.25) is 0 Å². The lowest BCUT2D eigenvalue weighted by Crippen LogP contribution is -2.60. The van der Waals surface area contributed by atoms with E-state index in [0.717, 1.165) is 31.5 Å². The number of ether oxygens (including phenoxy) is 1. The molecule has 1 fully saturated rings. The fraction of sp³-hybridized carbons (Fsp3) is 0.733. The van der Waals surface area contributed by atoms with Gasteiger partial charge in [0.05, 0.1) is 11.2 Å². The summed E-state index contributed by atoms with van der Waals surface area (Å²) >= 11 is 0. The Morgan fingerprint density at radius 1 is 1.52 bits per heavy atom. The zero-order chi connectivity index (χ0) is 15.5. The van der Waals surface area contributed by atoms with Crippen LogP contribution in [0.15, 0.2) is 12.3 Å². The number of nitrogens with zero attached hydrogens (tertiary/aromatic N) is 1. The van der Waals surface area contributed by atoms with Gasteiger partial charge in [-0.2, -0.15) is 5.10 Å². The fourth-order valence-electron chi connectivity index (χ4n) is 2.44. The molecule has 6 nitrogen and oxygen atoms in total. The van der Waals surface area contributed by atoms with Crippen molar-refractivity contribution >= 4 is 6.09 Å². The lowest BCUT2D eigenvalue weighted by molar-refractivity contribution is 0.0379. The maximum Gasteiger partial charge on any atom is 0.408 e. The molecule has 6 heteroatoms. The number of hydrogen-bond donors (Lipinski definition) is 3. The first-order valence-corrected chi connectivity index (χ1v) is 7.54. The van der Waals surface area contributed by atoms with Gasteiger partial charge in [-0.1, -0.05) is 0 Å². The largest absolute Gasteiger partial charge is 0.444 e. The average Bonchev–Trinajstić information content (AvgIpc) is 2.83. The molecule has 21 heavy (non-hydrogen) atoms. The van der Waals surface area contributed by atoms with Crippen LogP contribution in [0, 0.1) is 0 Å². The molecule has 0 saturated heterocycles. The smallest absolute Gasteiger partial charge is 0.408 e. The minimum Gasteiger partial charge on any atom is -0.444 e. The van der Waals surface area contributed by atoms with E-state index in [1.54, 1.807) is 6.20 Å². The second kappa shape index (κ2) is 6.05. The van der Waals surface area contributed by atoms with Crippen LogP contribution in [-0.4, -0.2) is 34.0 Å². The summed E-state index contributed by atoms with van der Waals surface area (Å²) in [4.78, 5) is 12.0. The van der Waals surface area contributed by atoms with E-state index in [9.17, 15) is 4.79 Å². The normalized spacial score (nSPS) is 18.7. The van der Waals surface area contributed by atoms with Crippen LogP contribution >= 0.6 is 0 Å². The molecule has 0 radical (unpaired) electrons. The van der Waals surface area contributed by atoms with E-state index >= 15 is 0 Å². The third-order valence-electron chi connectivity index (χ3n) is 3.81. The van der Waals surface area contributed by atoms with Crippen molar-refractivity contribution in [3.05, 3.63) is 18.0 Å². The molecule has 2 rings (SSSR count). The number of aromatic nitrogens is 2. The molecule has 1 aliphatic carbocycles. The molecule has 1 saturated carbocycles. The molecule has 1 atom stereocenters. The second-order valence-corrected chi connectivity index (χ2v) is 6.88. The Kier molecular flexibility index (Phi) is 4.56. The van der Waals surface area contributed by atoms with Crippen LogP contribution in [0.5, 0.6) is 0 Å². The second-order valence-electron chi connectivity index (χ2n) is 6.88. The molecule has 1 aromatic heterocycles. The minimum atomic E-state index is -0.467. The van der Waals surface area contributed by atoms with Gasteiger partial charge in [-0.3, -0.25) is 5.10 Å². The van der Waals surface area contributed by atoms with Crippen molar-refractivity contribution in [2.75, 3.05) is 6.54 Å². The highest BCUT2D eigenvalue weighted by Gasteiger charge is 2.39. The molecular formula is C15H26N4O2. The molecule has 0 aromatic carbocycles. The van der Waals surface area contributed by atoms with E-state index in [4.69, 9.17) is 4.74 Å². The summed E-state index contributed by atoms with van der Waals surface area (Å²) in [6.45, 7) is 8.43. The van der Waals surface area contributed by atoms with E-state index in [0.29, 0.717) is 0 Å². The average molecular weight is 294 g/mol. The number of carbonyl (C=O) groups excluding carboxylic acids is 1. The Hall–Kier alpha value is -1.56. The summed E-state index contributed by atoms with van der Waals surface area (Å²) in [6, 6.07) is 2.12. The Labute approximate surface area is 126 Å². The fourth-order valence-corrected chi connectivity index (χ4v) is 2.44. The first-order valence-electron chi connectivity index (χ1n) is 7.54. The molecule has 0 bridgehead atoms. The third-order valence-corrected chi connectivity index (χ3v) is 3.81. The summed E-state index contributed by atoms with van der Waals surface area (Å²) in [5.74, 6) is 0. The minimum absolute atomic E-state index is 0.172. The quantitative estimate of drug-likeness (QED) is 0.779. The van der Waals surface area contributed by atoms with Crippen LogP contribution in [0.3, 0.4) is 0 Å². The van der Waals surface area contributed by atoms with Crippen molar-refractivity contribution in [1.82, 2.24) is 20.8 Å². The Balaban J connectivity index is 1.85. The van der Waals surface area contributed by atoms with Crippen LogP contribution in [-0.2, 0) is 4.74 Å². The number of H-pyrrole nitrogens is 1. The molecule has 1 unspecified atom stereocenters. The lowest BCUT2D eigenvalue weighted by Gasteiger charge is -2.43. The van der Waals surface area contributed by atoms with Crippen LogP contribution in [0.4, 0.5) is 4.79 Å². The van der Waals surface area contributed by atoms with Gasteiger partial charge < -0.3 is 15.4 Å². The van der Waals surface area contributed by atoms with Gasteiger partial charge in [-0.15, -0.1) is 0 Å². The van der Waals surface area contributed by atoms with Gasteiger partial charge in [-0.05, 0) is 53.0 Å². The third kappa shape index (κ3) is 4.46. The number of amides is 1. The van der Waals surface area contributed by atoms with E-state index in [2.05, 4.69) is 27.8 Å². The molecule has 0 aliphatic heterocycles. The van der Waals surface area contributed by atoms with E-state index in [1.165, 1.54) is 0 Å². The predicted molar refractivity (Wildman–Crippen MR) is 81.0 cm³/mol. The lowest BCUT2D eigenvalue weighted by atomic mass is 9.76. The molecule has 1 heterocycles. The summed E-state index contributed by atoms with van der Waals surface area (Å²) < 4.78 is 5.35. The number of rotatable bonds is 5. The summed E-state index contributed by atoms with van der Waals surface area (Å²) in [5, 5.41) is 13.4. The Morgan fingerprint density at radius 3 is 2.71 bits per heavy atom. The highest BCUT2D eigenvalue weighted by Crippen LogP contribution is 2.32. The maximum atomic E-state index is 12.0. The molecule has 0 spiro atoms. The topological polar surface area (TPSA) is 79.0 Å². The Morgan fingerprint density at radius 2 is 2.24 bits per heavy atom. The van der Waals surface area contributed by atoms with Gasteiger partial charge in [0.2, 0.25) is 0 Å². The van der Waals surface area contributed by atoms with Gasteiger partial charge in [0.15, 0.2) is 0 Å². The number of carbonyl (C=O) groups is 1. The number of alkyl carbamates (subject to hydrolysis) is 1. The van der Waals surface area contributed by atoms with Crippen LogP contribution in [0.1, 0.15) is 58.7 Å². The maximum absolute atomic E-state index is 12.0. The van der Waals surface area contributed by atoms with Crippen molar-refractivity contribution in [1.29, 1.82) is 0 Å². The van der Waals surface area contributed by atoms with E-state index in [1.807, 2.05) is 26.8 Å². The van der Waals surface area contributed by atoms with Crippen LogP contribution < -0.4 is 10.6 Å². The van der Waals surface area contributed by atoms with Crippen molar-refractivity contribution in [2.24, 2.45) is 0 Å². The molecule has 1 aliphatic rings. The van der Waals surface area contributed by atoms with E-state index < -0.39 is 5.60 Å². The van der Waals surface area contributed by atoms with Gasteiger partial charge >= 0.3 is 6.09 Å². The van der Waals surface area contributed by atoms with Crippen molar-refractivity contribution in [2.45, 2.75) is 64.1 Å². The number of aromatic amines is 1. The van der Waals surface area contributed by atoms with Gasteiger partial charge in [0.25, 0.3) is 0 Å². The monoisotopic (exact) mass is 294 g/mol. The van der Waals surface area contributed by atoms with Gasteiger partial charge in [0.1, 0.15) is 5.60 Å². The summed E-state index contributed by atoms with van der Waals surface area (Å²) in [7, 11) is 0. The highest BCUT2D eigenvalue weighted by atomic mass is 16.6. The van der Waals surface area contributed by atoms with Crippen molar-refractivity contribution in [3.63, 3.8) is 0 Å². The molecule has 1 amide bonds. The summed E-state index contributed by atoms with van der Waals surface area (Å²) in [5.41, 5.74) is 0.393. The molecular weight excluding hydrogens is 268 g/mol. The van der Waals surface area contributed by atoms with Crippen molar-refractivity contribution < 1.29 is 9.53 Å². The first kappa shape index (κ1) is 15.8. The summed E-state index contributed by atoms with van der Waals surface area (Å²) in [6.07, 6.45) is 4.50. The predicted octanol–water partition coefficient (Wildman–Crippen LogP) is 2.51. The Bertz CT molecular complexity index is 461. The van der Waals surface area contributed by atoms with E-state index in [-0.39, 0.29) is 17.7 Å². The highest BCUT2D eigenvalue weighted by molar-refractivity contribution is 5.69. The van der Waals surface area contributed by atoms with Crippen LogP contribution in [0.25, 0.3) is 0 Å². The molecule has 1 aromatic rings. The van der Waals surface area contributed by atoms with Gasteiger partial charge in [-0.25, -0.2) is 4.79 Å². The number of nitrogens with one attached hydrogen (secondary N) is 3. The zero-order valence-corrected chi connectivity index (χ0v) is 13.3. The van der Waals surface area contributed by atoms with Gasteiger partial charge in [0, 0.05) is 18.8 Å². The molecule has 3 N–H and O–H groups in total. The molecule has 118 valence electrons. The van der Waals surface area contributed by atoms with Crippen molar-refractivity contribution in [3.8, 4) is 0 Å². The first-order chi connectivity index (χ1) is 9.80. The number of hydrogen-bond acceptors (Lipinski definition) is 4. The standard InChI is InChI=1S/C15H26N4O2/c1-11(12-6-9-17-19-12)16-10-15(7-5-8-15)18-13(20)21-14(2,3)4/h6,9,11,16H,5,7-8,10H2,1-4H3,(H,17,19)(H,18,20).